The molecular weight excluding hydrogens is 292 g/mol. The lowest BCUT2D eigenvalue weighted by atomic mass is 10.2. The van der Waals surface area contributed by atoms with Crippen LogP contribution in [-0.2, 0) is 7.05 Å². The molecule has 2 N–H and O–H groups in total. The number of fused-ring (bicyclic) bond motifs is 1. The van der Waals surface area contributed by atoms with Gasteiger partial charge in [-0.2, -0.15) is 15.1 Å². The summed E-state index contributed by atoms with van der Waals surface area (Å²) in [6, 6.07) is 7.98. The van der Waals surface area contributed by atoms with E-state index < -0.39 is 0 Å². The summed E-state index contributed by atoms with van der Waals surface area (Å²) < 4.78 is 7.42. The van der Waals surface area contributed by atoms with Crippen LogP contribution in [0, 0.1) is 6.92 Å². The van der Waals surface area contributed by atoms with Crippen molar-refractivity contribution in [3.63, 3.8) is 0 Å². The van der Waals surface area contributed by atoms with E-state index in [1.165, 1.54) is 5.56 Å². The summed E-state index contributed by atoms with van der Waals surface area (Å²) in [7, 11) is 3.74. The van der Waals surface area contributed by atoms with Gasteiger partial charge in [-0.15, -0.1) is 0 Å². The Morgan fingerprint density at radius 3 is 2.70 bits per heavy atom. The van der Waals surface area contributed by atoms with Gasteiger partial charge in [0.2, 0.25) is 5.95 Å². The van der Waals surface area contributed by atoms with E-state index in [0.717, 1.165) is 16.8 Å². The molecular formula is C16H20N6O. The number of anilines is 2. The van der Waals surface area contributed by atoms with Crippen LogP contribution in [0.5, 0.6) is 5.75 Å². The van der Waals surface area contributed by atoms with Crippen LogP contribution >= 0.6 is 0 Å². The number of hydrogen-bond acceptors (Lipinski definition) is 6. The number of aromatic nitrogens is 4. The van der Waals surface area contributed by atoms with Gasteiger partial charge in [-0.3, -0.25) is 4.68 Å². The smallest absolute Gasteiger partial charge is 0.229 e. The molecule has 1 aromatic carbocycles. The van der Waals surface area contributed by atoms with E-state index in [4.69, 9.17) is 10.5 Å². The summed E-state index contributed by atoms with van der Waals surface area (Å²) in [5, 5.41) is 4.92. The van der Waals surface area contributed by atoms with E-state index in [9.17, 15) is 0 Å². The van der Waals surface area contributed by atoms with Crippen molar-refractivity contribution in [1.29, 1.82) is 0 Å². The number of hydrogen-bond donors (Lipinski definition) is 1. The average molecular weight is 312 g/mol. The molecule has 0 bridgehead atoms. The molecule has 0 aliphatic rings. The predicted octanol–water partition coefficient (Wildman–Crippen LogP) is 1.77. The SMILES string of the molecule is Cc1ccc(OCCN(C)c2nc(N)c3cnn(C)c3n2)cc1. The zero-order valence-electron chi connectivity index (χ0n) is 13.5. The molecule has 0 spiro atoms. The van der Waals surface area contributed by atoms with Gasteiger partial charge in [0, 0.05) is 14.1 Å². The van der Waals surface area contributed by atoms with Crippen LogP contribution in [0.25, 0.3) is 11.0 Å². The molecule has 3 rings (SSSR count). The maximum absolute atomic E-state index is 5.98. The van der Waals surface area contributed by atoms with Crippen molar-refractivity contribution in [2.75, 3.05) is 30.8 Å². The molecule has 23 heavy (non-hydrogen) atoms. The van der Waals surface area contributed by atoms with Crippen LogP contribution < -0.4 is 15.4 Å². The molecule has 0 atom stereocenters. The fraction of sp³-hybridized carbons (Fsp3) is 0.312. The van der Waals surface area contributed by atoms with Gasteiger partial charge in [-0.25, -0.2) is 0 Å². The molecule has 0 saturated heterocycles. The Labute approximate surface area is 134 Å². The molecule has 0 amide bonds. The monoisotopic (exact) mass is 312 g/mol. The third kappa shape index (κ3) is 3.18. The molecule has 2 heterocycles. The number of aryl methyl sites for hydroxylation is 2. The first-order chi connectivity index (χ1) is 11.0. The van der Waals surface area contributed by atoms with E-state index in [1.807, 2.05) is 50.2 Å². The zero-order valence-corrected chi connectivity index (χ0v) is 13.5. The Balaban J connectivity index is 1.67. The minimum Gasteiger partial charge on any atom is -0.492 e. The highest BCUT2D eigenvalue weighted by atomic mass is 16.5. The largest absolute Gasteiger partial charge is 0.492 e. The first-order valence-electron chi connectivity index (χ1n) is 7.40. The maximum Gasteiger partial charge on any atom is 0.229 e. The summed E-state index contributed by atoms with van der Waals surface area (Å²) in [4.78, 5) is 10.8. The lowest BCUT2D eigenvalue weighted by Crippen LogP contribution is -2.26. The molecule has 0 aliphatic carbocycles. The maximum atomic E-state index is 5.98. The van der Waals surface area contributed by atoms with Gasteiger partial charge in [-0.05, 0) is 19.1 Å². The summed E-state index contributed by atoms with van der Waals surface area (Å²) >= 11 is 0. The third-order valence-electron chi connectivity index (χ3n) is 3.67. The first-order valence-corrected chi connectivity index (χ1v) is 7.40. The van der Waals surface area contributed by atoms with E-state index >= 15 is 0 Å². The predicted molar refractivity (Wildman–Crippen MR) is 90.7 cm³/mol. The van der Waals surface area contributed by atoms with Gasteiger partial charge in [-0.1, -0.05) is 17.7 Å². The topological polar surface area (TPSA) is 82.1 Å². The molecule has 3 aromatic rings. The fourth-order valence-electron chi connectivity index (χ4n) is 2.24. The molecule has 0 fully saturated rings. The van der Waals surface area contributed by atoms with Crippen LogP contribution in [0.2, 0.25) is 0 Å². The molecule has 7 nitrogen and oxygen atoms in total. The van der Waals surface area contributed by atoms with E-state index in [1.54, 1.807) is 10.9 Å². The van der Waals surface area contributed by atoms with Crippen molar-refractivity contribution in [3.8, 4) is 5.75 Å². The normalized spacial score (nSPS) is 10.9. The fourth-order valence-corrected chi connectivity index (χ4v) is 2.24. The van der Waals surface area contributed by atoms with Gasteiger partial charge in [0.05, 0.1) is 18.1 Å². The number of nitrogens with two attached hydrogens (primary N) is 1. The quantitative estimate of drug-likeness (QED) is 0.773. The highest BCUT2D eigenvalue weighted by molar-refractivity contribution is 5.86. The van der Waals surface area contributed by atoms with Gasteiger partial charge < -0.3 is 15.4 Å². The number of ether oxygens (including phenoxy) is 1. The summed E-state index contributed by atoms with van der Waals surface area (Å²) in [5.41, 5.74) is 7.91. The van der Waals surface area contributed by atoms with Gasteiger partial charge in [0.25, 0.3) is 0 Å². The standard InChI is InChI=1S/C16H20N6O/c1-11-4-6-12(7-5-11)23-9-8-21(2)16-19-14(17)13-10-18-22(3)15(13)20-16/h4-7,10H,8-9H2,1-3H3,(H2,17,19,20). The van der Waals surface area contributed by atoms with Crippen molar-refractivity contribution in [1.82, 2.24) is 19.7 Å². The zero-order chi connectivity index (χ0) is 16.4. The average Bonchev–Trinajstić information content (AvgIpc) is 2.91. The third-order valence-corrected chi connectivity index (χ3v) is 3.67. The minimum absolute atomic E-state index is 0.435. The Hall–Kier alpha value is -2.83. The van der Waals surface area contributed by atoms with E-state index in [2.05, 4.69) is 15.1 Å². The number of rotatable bonds is 5. The van der Waals surface area contributed by atoms with Crippen molar-refractivity contribution < 1.29 is 4.74 Å². The van der Waals surface area contributed by atoms with Crippen LogP contribution in [0.3, 0.4) is 0 Å². The summed E-state index contributed by atoms with van der Waals surface area (Å²) in [5.74, 6) is 1.85. The Morgan fingerprint density at radius 1 is 1.22 bits per heavy atom. The van der Waals surface area contributed by atoms with E-state index in [-0.39, 0.29) is 0 Å². The molecule has 0 unspecified atom stereocenters. The summed E-state index contributed by atoms with van der Waals surface area (Å²) in [6.07, 6.45) is 1.68. The molecule has 120 valence electrons. The van der Waals surface area contributed by atoms with Crippen LogP contribution in [0.15, 0.2) is 30.5 Å². The molecule has 7 heteroatoms. The second-order valence-corrected chi connectivity index (χ2v) is 5.50. The van der Waals surface area contributed by atoms with Crippen molar-refractivity contribution in [2.24, 2.45) is 7.05 Å². The van der Waals surface area contributed by atoms with Gasteiger partial charge in [0.15, 0.2) is 5.65 Å². The number of benzene rings is 1. The van der Waals surface area contributed by atoms with Crippen LogP contribution in [0.4, 0.5) is 11.8 Å². The van der Waals surface area contributed by atoms with Crippen molar-refractivity contribution >= 4 is 22.8 Å². The summed E-state index contributed by atoms with van der Waals surface area (Å²) in [6.45, 7) is 3.23. The number of nitrogen functional groups attached to an aromatic ring is 1. The lowest BCUT2D eigenvalue weighted by molar-refractivity contribution is 0.325. The highest BCUT2D eigenvalue weighted by Gasteiger charge is 2.12. The minimum atomic E-state index is 0.435. The molecule has 2 aromatic heterocycles. The van der Waals surface area contributed by atoms with Crippen molar-refractivity contribution in [2.45, 2.75) is 6.92 Å². The first kappa shape index (κ1) is 15.1. The van der Waals surface area contributed by atoms with Gasteiger partial charge in [0.1, 0.15) is 18.2 Å². The highest BCUT2D eigenvalue weighted by Crippen LogP contribution is 2.20. The molecule has 0 radical (unpaired) electrons. The van der Waals surface area contributed by atoms with Gasteiger partial charge >= 0.3 is 0 Å². The second kappa shape index (κ2) is 6.12. The Morgan fingerprint density at radius 2 is 1.96 bits per heavy atom. The molecule has 0 aliphatic heterocycles. The number of likely N-dealkylation sites (N-methyl/N-ethyl adjacent to an activating group) is 1. The Kier molecular flexibility index (Phi) is 4.01. The Bertz CT molecular complexity index is 811. The lowest BCUT2D eigenvalue weighted by Gasteiger charge is -2.17. The van der Waals surface area contributed by atoms with E-state index in [0.29, 0.717) is 24.9 Å². The van der Waals surface area contributed by atoms with Crippen LogP contribution in [-0.4, -0.2) is 39.9 Å². The second-order valence-electron chi connectivity index (χ2n) is 5.50. The molecule has 0 saturated carbocycles. The van der Waals surface area contributed by atoms with Crippen molar-refractivity contribution in [3.05, 3.63) is 36.0 Å². The number of nitrogens with zero attached hydrogens (tertiary/aromatic N) is 5. The van der Waals surface area contributed by atoms with Crippen LogP contribution in [0.1, 0.15) is 5.56 Å².